The summed E-state index contributed by atoms with van der Waals surface area (Å²) in [5, 5.41) is 6.37. The second kappa shape index (κ2) is 5.94. The van der Waals surface area contributed by atoms with Crippen LogP contribution in [0.4, 0.5) is 0 Å². The van der Waals surface area contributed by atoms with Crippen molar-refractivity contribution in [2.24, 2.45) is 0 Å². The van der Waals surface area contributed by atoms with Gasteiger partial charge in [0.2, 0.25) is 0 Å². The molecule has 0 unspecified atom stereocenters. The monoisotopic (exact) mass is 248 g/mol. The third-order valence-corrected chi connectivity index (χ3v) is 3.48. The van der Waals surface area contributed by atoms with Gasteiger partial charge in [0.15, 0.2) is 0 Å². The van der Waals surface area contributed by atoms with Crippen LogP contribution in [0.25, 0.3) is 0 Å². The van der Waals surface area contributed by atoms with Crippen LogP contribution in [-0.4, -0.2) is 50.2 Å². The zero-order valence-electron chi connectivity index (χ0n) is 9.30. The van der Waals surface area contributed by atoms with Crippen LogP contribution >= 0.6 is 0 Å². The Hall–Kier alpha value is -0.960. The van der Waals surface area contributed by atoms with E-state index in [1.54, 1.807) is 12.4 Å². The molecule has 1 aromatic heterocycles. The van der Waals surface area contributed by atoms with E-state index in [4.69, 9.17) is 4.74 Å². The normalized spacial score (nSPS) is 12.2. The maximum Gasteiger partial charge on any atom is 0.279 e. The molecule has 2 N–H and O–H groups in total. The van der Waals surface area contributed by atoms with E-state index >= 15 is 0 Å². The molecular formula is C8H16N4O3S. The van der Waals surface area contributed by atoms with Gasteiger partial charge in [0.05, 0.1) is 12.8 Å². The number of aromatic amines is 1. The lowest BCUT2D eigenvalue weighted by atomic mass is 10.4. The molecule has 0 saturated carbocycles. The van der Waals surface area contributed by atoms with Gasteiger partial charge in [-0.3, -0.25) is 5.10 Å². The van der Waals surface area contributed by atoms with E-state index in [1.807, 2.05) is 0 Å². The largest absolute Gasteiger partial charge is 0.383 e. The fourth-order valence-electron chi connectivity index (χ4n) is 1.09. The van der Waals surface area contributed by atoms with Crippen molar-refractivity contribution in [3.63, 3.8) is 0 Å². The fraction of sp³-hybridized carbons (Fsp3) is 0.625. The smallest absolute Gasteiger partial charge is 0.279 e. The average molecular weight is 248 g/mol. The predicted octanol–water partition coefficient (Wildman–Crippen LogP) is -0.678. The summed E-state index contributed by atoms with van der Waals surface area (Å²) in [6.45, 7) is 0.881. The highest BCUT2D eigenvalue weighted by atomic mass is 32.2. The molecule has 0 spiro atoms. The van der Waals surface area contributed by atoms with E-state index in [1.165, 1.54) is 18.5 Å². The first-order valence-electron chi connectivity index (χ1n) is 4.74. The summed E-state index contributed by atoms with van der Waals surface area (Å²) in [6, 6.07) is 0. The van der Waals surface area contributed by atoms with E-state index in [0.29, 0.717) is 6.61 Å². The van der Waals surface area contributed by atoms with Crippen molar-refractivity contribution >= 4 is 10.2 Å². The molecular weight excluding hydrogens is 232 g/mol. The molecule has 0 aliphatic carbocycles. The Morgan fingerprint density at radius 3 is 2.94 bits per heavy atom. The van der Waals surface area contributed by atoms with Crippen molar-refractivity contribution in [1.29, 1.82) is 0 Å². The molecule has 16 heavy (non-hydrogen) atoms. The van der Waals surface area contributed by atoms with Crippen LogP contribution in [0, 0.1) is 0 Å². The van der Waals surface area contributed by atoms with Gasteiger partial charge in [-0.2, -0.15) is 22.5 Å². The van der Waals surface area contributed by atoms with Crippen molar-refractivity contribution in [2.75, 3.05) is 27.3 Å². The molecule has 0 bridgehead atoms. The number of hydrogen-bond acceptors (Lipinski definition) is 4. The van der Waals surface area contributed by atoms with Gasteiger partial charge < -0.3 is 4.74 Å². The van der Waals surface area contributed by atoms with Crippen molar-refractivity contribution in [3.8, 4) is 0 Å². The van der Waals surface area contributed by atoms with E-state index in [0.717, 1.165) is 5.56 Å². The third-order valence-electron chi connectivity index (χ3n) is 1.96. The highest BCUT2D eigenvalue weighted by Crippen LogP contribution is 2.03. The zero-order chi connectivity index (χ0) is 12.0. The lowest BCUT2D eigenvalue weighted by molar-refractivity contribution is 0.204. The van der Waals surface area contributed by atoms with Gasteiger partial charge in [-0.05, 0) is 0 Å². The number of methoxy groups -OCH3 is 1. The molecule has 0 aromatic carbocycles. The van der Waals surface area contributed by atoms with Gasteiger partial charge in [-0.1, -0.05) is 0 Å². The number of hydrogen-bond donors (Lipinski definition) is 2. The third kappa shape index (κ3) is 3.89. The summed E-state index contributed by atoms with van der Waals surface area (Å²) >= 11 is 0. The summed E-state index contributed by atoms with van der Waals surface area (Å²) in [5.74, 6) is 0. The van der Waals surface area contributed by atoms with Gasteiger partial charge in [0, 0.05) is 39.0 Å². The second-order valence-electron chi connectivity index (χ2n) is 3.25. The lowest BCUT2D eigenvalue weighted by Gasteiger charge is -2.16. The lowest BCUT2D eigenvalue weighted by Crippen LogP contribution is -2.39. The van der Waals surface area contributed by atoms with Gasteiger partial charge in [0.25, 0.3) is 10.2 Å². The minimum Gasteiger partial charge on any atom is -0.383 e. The zero-order valence-corrected chi connectivity index (χ0v) is 10.1. The molecule has 0 amide bonds. The van der Waals surface area contributed by atoms with Gasteiger partial charge in [0.1, 0.15) is 0 Å². The van der Waals surface area contributed by atoms with Crippen LogP contribution in [0.2, 0.25) is 0 Å². The molecule has 92 valence electrons. The number of H-pyrrole nitrogens is 1. The van der Waals surface area contributed by atoms with E-state index in [-0.39, 0.29) is 13.1 Å². The summed E-state index contributed by atoms with van der Waals surface area (Å²) in [5.41, 5.74) is 0.805. The first-order valence-corrected chi connectivity index (χ1v) is 6.18. The summed E-state index contributed by atoms with van der Waals surface area (Å²) in [4.78, 5) is 0. The van der Waals surface area contributed by atoms with Crippen molar-refractivity contribution < 1.29 is 13.2 Å². The minimum absolute atomic E-state index is 0.258. The predicted molar refractivity (Wildman–Crippen MR) is 58.9 cm³/mol. The highest BCUT2D eigenvalue weighted by Gasteiger charge is 2.17. The Morgan fingerprint density at radius 2 is 2.38 bits per heavy atom. The molecule has 0 radical (unpaired) electrons. The Morgan fingerprint density at radius 1 is 1.62 bits per heavy atom. The standard InChI is InChI=1S/C8H16N4O3S/c1-12(7-8-5-9-10-6-8)16(13,14)11-3-4-15-2/h5-6,11H,3-4,7H2,1-2H3,(H,9,10). The summed E-state index contributed by atoms with van der Waals surface area (Å²) < 4.78 is 31.7. The SMILES string of the molecule is COCCNS(=O)(=O)N(C)Cc1cn[nH]c1. The Labute approximate surface area is 95.0 Å². The van der Waals surface area contributed by atoms with Crippen LogP contribution in [0.3, 0.4) is 0 Å². The van der Waals surface area contributed by atoms with Crippen LogP contribution in [0.5, 0.6) is 0 Å². The van der Waals surface area contributed by atoms with Gasteiger partial charge in [-0.15, -0.1) is 0 Å². The van der Waals surface area contributed by atoms with Crippen LogP contribution in [0.15, 0.2) is 12.4 Å². The highest BCUT2D eigenvalue weighted by molar-refractivity contribution is 7.87. The summed E-state index contributed by atoms with van der Waals surface area (Å²) in [6.07, 6.45) is 3.24. The molecule has 7 nitrogen and oxygen atoms in total. The molecule has 1 heterocycles. The molecule has 8 heteroatoms. The minimum atomic E-state index is -3.45. The van der Waals surface area contributed by atoms with Gasteiger partial charge >= 0.3 is 0 Å². The second-order valence-corrected chi connectivity index (χ2v) is 5.12. The molecule has 0 atom stereocenters. The Bertz CT molecular complexity index is 389. The molecule has 0 saturated heterocycles. The van der Waals surface area contributed by atoms with Crippen molar-refractivity contribution in [1.82, 2.24) is 19.2 Å². The van der Waals surface area contributed by atoms with Crippen LogP contribution in [-0.2, 0) is 21.5 Å². The van der Waals surface area contributed by atoms with E-state index in [2.05, 4.69) is 14.9 Å². The number of rotatable bonds is 7. The van der Waals surface area contributed by atoms with Crippen LogP contribution in [0.1, 0.15) is 5.56 Å². The number of ether oxygens (including phenoxy) is 1. The Balaban J connectivity index is 2.48. The van der Waals surface area contributed by atoms with E-state index < -0.39 is 10.2 Å². The van der Waals surface area contributed by atoms with Crippen LogP contribution < -0.4 is 4.72 Å². The molecule has 0 aliphatic heterocycles. The number of nitrogens with one attached hydrogen (secondary N) is 2. The molecule has 0 fully saturated rings. The molecule has 0 aliphatic rings. The first kappa shape index (κ1) is 13.1. The van der Waals surface area contributed by atoms with Gasteiger partial charge in [-0.25, -0.2) is 0 Å². The first-order chi connectivity index (χ1) is 7.56. The van der Waals surface area contributed by atoms with E-state index in [9.17, 15) is 8.42 Å². The average Bonchev–Trinajstić information content (AvgIpc) is 2.70. The number of aromatic nitrogens is 2. The fourth-order valence-corrected chi connectivity index (χ4v) is 1.97. The van der Waals surface area contributed by atoms with Crippen molar-refractivity contribution in [2.45, 2.75) is 6.54 Å². The molecule has 1 rings (SSSR count). The number of nitrogens with zero attached hydrogens (tertiary/aromatic N) is 2. The topological polar surface area (TPSA) is 87.3 Å². The van der Waals surface area contributed by atoms with Crippen molar-refractivity contribution in [3.05, 3.63) is 18.0 Å². The molecule has 1 aromatic rings. The maximum atomic E-state index is 11.7. The summed E-state index contributed by atoms with van der Waals surface area (Å²) in [7, 11) is -0.427. The Kier molecular flexibility index (Phi) is 4.87. The quantitative estimate of drug-likeness (QED) is 0.626. The maximum absolute atomic E-state index is 11.7.